The number of sulfonamides is 1. The van der Waals surface area contributed by atoms with Gasteiger partial charge in [0.25, 0.3) is 0 Å². The van der Waals surface area contributed by atoms with E-state index < -0.39 is 26.6 Å². The van der Waals surface area contributed by atoms with Crippen molar-refractivity contribution in [3.05, 3.63) is 29.3 Å². The number of hydrogen-bond acceptors (Lipinski definition) is 3. The van der Waals surface area contributed by atoms with Gasteiger partial charge in [-0.2, -0.15) is 4.31 Å². The molecule has 1 N–H and O–H groups in total. The Morgan fingerprint density at radius 2 is 1.95 bits per heavy atom. The summed E-state index contributed by atoms with van der Waals surface area (Å²) in [6.07, 6.45) is 1.58. The fraction of sp³-hybridized carbons (Fsp3) is 0.571. The Bertz CT molecular complexity index is 616. The first-order valence-electron chi connectivity index (χ1n) is 7.12. The molecule has 1 aromatic rings. The number of rotatable bonds is 7. The molecular formula is C14H20F2N2O2S. The second kappa shape index (κ2) is 6.37. The molecule has 1 aliphatic rings. The van der Waals surface area contributed by atoms with Gasteiger partial charge in [0, 0.05) is 24.7 Å². The summed E-state index contributed by atoms with van der Waals surface area (Å²) in [6.45, 7) is 4.32. The minimum absolute atomic E-state index is 0.0346. The highest BCUT2D eigenvalue weighted by molar-refractivity contribution is 7.89. The molecule has 0 unspecified atom stereocenters. The molecule has 0 saturated heterocycles. The smallest absolute Gasteiger partial charge is 0.246 e. The predicted octanol–water partition coefficient (Wildman–Crippen LogP) is 2.25. The fourth-order valence-corrected chi connectivity index (χ4v) is 4.09. The Morgan fingerprint density at radius 3 is 2.48 bits per heavy atom. The summed E-state index contributed by atoms with van der Waals surface area (Å²) in [6, 6.07) is 1.98. The minimum atomic E-state index is -3.92. The van der Waals surface area contributed by atoms with Gasteiger partial charge in [-0.05, 0) is 31.5 Å². The highest BCUT2D eigenvalue weighted by atomic mass is 32.2. The van der Waals surface area contributed by atoms with Crippen molar-refractivity contribution in [3.8, 4) is 0 Å². The summed E-state index contributed by atoms with van der Waals surface area (Å²) < 4.78 is 54.5. The molecule has 0 aromatic heterocycles. The average Bonchev–Trinajstić information content (AvgIpc) is 3.23. The van der Waals surface area contributed by atoms with Crippen LogP contribution < -0.4 is 5.32 Å². The van der Waals surface area contributed by atoms with E-state index in [1.165, 1.54) is 4.31 Å². The summed E-state index contributed by atoms with van der Waals surface area (Å²) >= 11 is 0. The third-order valence-electron chi connectivity index (χ3n) is 3.55. The second-order valence-electron chi connectivity index (χ2n) is 5.06. The number of halogens is 2. The number of nitrogens with zero attached hydrogens (tertiary/aromatic N) is 1. The highest BCUT2D eigenvalue weighted by Crippen LogP contribution is 2.33. The summed E-state index contributed by atoms with van der Waals surface area (Å²) in [4.78, 5) is -0.439. The Kier molecular flexibility index (Phi) is 4.95. The van der Waals surface area contributed by atoms with E-state index in [1.807, 2.05) is 6.92 Å². The molecule has 0 heterocycles. The molecular weight excluding hydrogens is 298 g/mol. The maximum Gasteiger partial charge on any atom is 0.246 e. The first-order chi connectivity index (χ1) is 9.93. The van der Waals surface area contributed by atoms with Gasteiger partial charge in [0.15, 0.2) is 5.82 Å². The van der Waals surface area contributed by atoms with Crippen molar-refractivity contribution in [2.24, 2.45) is 0 Å². The van der Waals surface area contributed by atoms with Gasteiger partial charge in [-0.15, -0.1) is 0 Å². The average molecular weight is 318 g/mol. The van der Waals surface area contributed by atoms with Gasteiger partial charge in [-0.25, -0.2) is 17.2 Å². The van der Waals surface area contributed by atoms with Gasteiger partial charge in [0.2, 0.25) is 10.0 Å². The molecule has 0 spiro atoms. The van der Waals surface area contributed by atoms with Crippen LogP contribution in [0.15, 0.2) is 17.0 Å². The van der Waals surface area contributed by atoms with Gasteiger partial charge in [-0.3, -0.25) is 0 Å². The van der Waals surface area contributed by atoms with Gasteiger partial charge in [-0.1, -0.05) is 13.8 Å². The molecule has 118 valence electrons. The second-order valence-corrected chi connectivity index (χ2v) is 6.92. The number of hydrogen-bond donors (Lipinski definition) is 1. The molecule has 0 bridgehead atoms. The van der Waals surface area contributed by atoms with Crippen molar-refractivity contribution in [1.29, 1.82) is 0 Å². The molecule has 1 saturated carbocycles. The van der Waals surface area contributed by atoms with Crippen molar-refractivity contribution in [1.82, 2.24) is 9.62 Å². The molecule has 2 rings (SSSR count). The third kappa shape index (κ3) is 3.25. The summed E-state index contributed by atoms with van der Waals surface area (Å²) in [5, 5.41) is 2.81. The van der Waals surface area contributed by atoms with Crippen LogP contribution in [0.2, 0.25) is 0 Å². The van der Waals surface area contributed by atoms with Crippen LogP contribution >= 0.6 is 0 Å². The Balaban J connectivity index is 2.43. The molecule has 1 fully saturated rings. The molecule has 1 aromatic carbocycles. The van der Waals surface area contributed by atoms with Crippen molar-refractivity contribution in [3.63, 3.8) is 0 Å². The standard InChI is InChI=1S/C14H20F2N2O2S/c1-3-17-9-11-12(15)7-8-13(14(11)16)21(19,20)18(4-2)10-5-6-10/h7-8,10,17H,3-6,9H2,1-2H3. The van der Waals surface area contributed by atoms with E-state index in [1.54, 1.807) is 6.92 Å². The molecule has 21 heavy (non-hydrogen) atoms. The summed E-state index contributed by atoms with van der Waals surface area (Å²) in [7, 11) is -3.92. The van der Waals surface area contributed by atoms with Crippen molar-refractivity contribution >= 4 is 10.0 Å². The van der Waals surface area contributed by atoms with Crippen molar-refractivity contribution < 1.29 is 17.2 Å². The largest absolute Gasteiger partial charge is 0.313 e. The Morgan fingerprint density at radius 1 is 1.29 bits per heavy atom. The maximum atomic E-state index is 14.4. The van der Waals surface area contributed by atoms with Gasteiger partial charge < -0.3 is 5.32 Å². The molecule has 0 aliphatic heterocycles. The minimum Gasteiger partial charge on any atom is -0.313 e. The fourth-order valence-electron chi connectivity index (χ4n) is 2.30. The zero-order chi connectivity index (χ0) is 15.6. The lowest BCUT2D eigenvalue weighted by Crippen LogP contribution is -2.33. The lowest BCUT2D eigenvalue weighted by molar-refractivity contribution is 0.415. The number of nitrogens with one attached hydrogen (secondary N) is 1. The molecule has 0 amide bonds. The first-order valence-corrected chi connectivity index (χ1v) is 8.56. The maximum absolute atomic E-state index is 14.4. The Hall–Kier alpha value is -1.05. The van der Waals surface area contributed by atoms with E-state index >= 15 is 0 Å². The van der Waals surface area contributed by atoms with E-state index in [0.717, 1.165) is 25.0 Å². The molecule has 1 aliphatic carbocycles. The molecule has 0 radical (unpaired) electrons. The zero-order valence-corrected chi connectivity index (χ0v) is 13.0. The lowest BCUT2D eigenvalue weighted by Gasteiger charge is -2.21. The van der Waals surface area contributed by atoms with Crippen LogP contribution in [0.3, 0.4) is 0 Å². The van der Waals surface area contributed by atoms with Crippen molar-refractivity contribution in [2.75, 3.05) is 13.1 Å². The molecule has 4 nitrogen and oxygen atoms in total. The predicted molar refractivity (Wildman–Crippen MR) is 76.3 cm³/mol. The van der Waals surface area contributed by atoms with Gasteiger partial charge >= 0.3 is 0 Å². The van der Waals surface area contributed by atoms with Crippen LogP contribution in [0, 0.1) is 11.6 Å². The third-order valence-corrected chi connectivity index (χ3v) is 5.60. The van der Waals surface area contributed by atoms with Crippen LogP contribution in [-0.4, -0.2) is 31.9 Å². The van der Waals surface area contributed by atoms with Gasteiger partial charge in [0.1, 0.15) is 10.7 Å². The van der Waals surface area contributed by atoms with E-state index in [4.69, 9.17) is 0 Å². The molecule has 0 atom stereocenters. The monoisotopic (exact) mass is 318 g/mol. The van der Waals surface area contributed by atoms with Crippen LogP contribution in [-0.2, 0) is 16.6 Å². The van der Waals surface area contributed by atoms with Crippen LogP contribution in [0.1, 0.15) is 32.3 Å². The normalized spacial score (nSPS) is 15.7. The lowest BCUT2D eigenvalue weighted by atomic mass is 10.2. The quantitative estimate of drug-likeness (QED) is 0.839. The first kappa shape index (κ1) is 16.3. The highest BCUT2D eigenvalue weighted by Gasteiger charge is 2.38. The van der Waals surface area contributed by atoms with E-state index in [-0.39, 0.29) is 24.7 Å². The Labute approximate surface area is 124 Å². The number of benzene rings is 1. The van der Waals surface area contributed by atoms with E-state index in [9.17, 15) is 17.2 Å². The topological polar surface area (TPSA) is 49.4 Å². The van der Waals surface area contributed by atoms with Crippen LogP contribution in [0.25, 0.3) is 0 Å². The summed E-state index contributed by atoms with van der Waals surface area (Å²) in [5.74, 6) is -1.73. The SMILES string of the molecule is CCNCc1c(F)ccc(S(=O)(=O)N(CC)C2CC2)c1F. The molecule has 7 heteroatoms. The zero-order valence-electron chi connectivity index (χ0n) is 12.2. The van der Waals surface area contributed by atoms with E-state index in [2.05, 4.69) is 5.32 Å². The van der Waals surface area contributed by atoms with Crippen molar-refractivity contribution in [2.45, 2.75) is 44.2 Å². The summed E-state index contributed by atoms with van der Waals surface area (Å²) in [5.41, 5.74) is -0.232. The van der Waals surface area contributed by atoms with Crippen LogP contribution in [0.4, 0.5) is 8.78 Å². The van der Waals surface area contributed by atoms with E-state index in [0.29, 0.717) is 6.54 Å². The van der Waals surface area contributed by atoms with Crippen LogP contribution in [0.5, 0.6) is 0 Å². The van der Waals surface area contributed by atoms with Gasteiger partial charge in [0.05, 0.1) is 0 Å².